The van der Waals surface area contributed by atoms with E-state index < -0.39 is 0 Å². The number of nitrogens with zero attached hydrogens (tertiary/aromatic N) is 1. The van der Waals surface area contributed by atoms with Gasteiger partial charge < -0.3 is 20.1 Å². The fourth-order valence-electron chi connectivity index (χ4n) is 4.02. The zero-order valence-corrected chi connectivity index (χ0v) is 13.2. The number of likely N-dealkylation sites (N-methyl/N-ethyl adjacent to an activating group) is 1. The van der Waals surface area contributed by atoms with E-state index in [4.69, 9.17) is 4.74 Å². The first-order chi connectivity index (χ1) is 9.70. The van der Waals surface area contributed by atoms with Crippen molar-refractivity contribution >= 4 is 0 Å². The highest BCUT2D eigenvalue weighted by Crippen LogP contribution is 2.37. The van der Waals surface area contributed by atoms with Crippen molar-refractivity contribution in [1.29, 1.82) is 0 Å². The summed E-state index contributed by atoms with van der Waals surface area (Å²) in [6.07, 6.45) is 7.24. The van der Waals surface area contributed by atoms with Crippen LogP contribution in [0.2, 0.25) is 0 Å². The number of ether oxygens (including phenoxy) is 1. The van der Waals surface area contributed by atoms with E-state index in [2.05, 4.69) is 17.3 Å². The number of hydrogen-bond donors (Lipinski definition) is 2. The van der Waals surface area contributed by atoms with Crippen molar-refractivity contribution in [3.63, 3.8) is 0 Å². The molecule has 0 amide bonds. The van der Waals surface area contributed by atoms with E-state index in [0.717, 1.165) is 32.1 Å². The molecule has 0 aromatic rings. The Labute approximate surface area is 123 Å². The van der Waals surface area contributed by atoms with Crippen LogP contribution in [0.5, 0.6) is 0 Å². The molecule has 1 saturated heterocycles. The van der Waals surface area contributed by atoms with E-state index in [1.165, 1.54) is 38.6 Å². The van der Waals surface area contributed by atoms with E-state index in [0.29, 0.717) is 5.92 Å². The van der Waals surface area contributed by atoms with Gasteiger partial charge in [0.05, 0.1) is 6.61 Å². The van der Waals surface area contributed by atoms with Crippen molar-refractivity contribution in [2.75, 3.05) is 47.0 Å². The molecule has 2 rings (SSSR count). The Morgan fingerprint density at radius 1 is 1.30 bits per heavy atom. The Hall–Kier alpha value is -0.160. The molecule has 4 nitrogen and oxygen atoms in total. The number of aliphatic hydroxyl groups excluding tert-OH is 1. The zero-order chi connectivity index (χ0) is 14.4. The average Bonchev–Trinajstić information content (AvgIpc) is 2.89. The Kier molecular flexibility index (Phi) is 6.27. The molecule has 118 valence electrons. The lowest BCUT2D eigenvalue weighted by Gasteiger charge is -2.35. The number of aliphatic hydroxyl groups is 1. The topological polar surface area (TPSA) is 44.7 Å². The predicted molar refractivity (Wildman–Crippen MR) is 81.9 cm³/mol. The van der Waals surface area contributed by atoms with Gasteiger partial charge >= 0.3 is 0 Å². The normalized spacial score (nSPS) is 32.1. The van der Waals surface area contributed by atoms with E-state index in [-0.39, 0.29) is 12.1 Å². The third-order valence-electron chi connectivity index (χ3n) is 5.51. The van der Waals surface area contributed by atoms with E-state index in [1.54, 1.807) is 0 Å². The SMILES string of the molecule is CNC1(CO)CCCC1CCN(C)CC1CCOCC1. The highest BCUT2D eigenvalue weighted by molar-refractivity contribution is 4.98. The average molecular weight is 284 g/mol. The minimum absolute atomic E-state index is 0.0144. The number of nitrogens with one attached hydrogen (secondary N) is 1. The van der Waals surface area contributed by atoms with Crippen LogP contribution >= 0.6 is 0 Å². The second-order valence-electron chi connectivity index (χ2n) is 6.76. The molecule has 1 heterocycles. The minimum atomic E-state index is -0.0144. The van der Waals surface area contributed by atoms with Gasteiger partial charge in [-0.1, -0.05) is 6.42 Å². The van der Waals surface area contributed by atoms with Gasteiger partial charge in [-0.15, -0.1) is 0 Å². The molecule has 0 aromatic carbocycles. The summed E-state index contributed by atoms with van der Waals surface area (Å²) in [7, 11) is 4.24. The third-order valence-corrected chi connectivity index (χ3v) is 5.51. The molecule has 0 radical (unpaired) electrons. The first-order valence-corrected chi connectivity index (χ1v) is 8.26. The summed E-state index contributed by atoms with van der Waals surface area (Å²) in [5.41, 5.74) is -0.0144. The highest BCUT2D eigenvalue weighted by atomic mass is 16.5. The van der Waals surface area contributed by atoms with Gasteiger partial charge in [0.2, 0.25) is 0 Å². The van der Waals surface area contributed by atoms with Crippen LogP contribution in [0.1, 0.15) is 38.5 Å². The van der Waals surface area contributed by atoms with Crippen LogP contribution in [-0.4, -0.2) is 62.6 Å². The van der Waals surface area contributed by atoms with Crippen LogP contribution in [0.15, 0.2) is 0 Å². The second-order valence-corrected chi connectivity index (χ2v) is 6.76. The molecule has 0 bridgehead atoms. The van der Waals surface area contributed by atoms with Gasteiger partial charge in [-0.2, -0.15) is 0 Å². The molecule has 1 aliphatic heterocycles. The summed E-state index contributed by atoms with van der Waals surface area (Å²) in [5, 5.41) is 13.1. The Morgan fingerprint density at radius 3 is 2.70 bits per heavy atom. The van der Waals surface area contributed by atoms with Gasteiger partial charge in [-0.25, -0.2) is 0 Å². The Balaban J connectivity index is 1.73. The molecule has 20 heavy (non-hydrogen) atoms. The molecule has 2 unspecified atom stereocenters. The first-order valence-electron chi connectivity index (χ1n) is 8.26. The fourth-order valence-corrected chi connectivity index (χ4v) is 4.02. The van der Waals surface area contributed by atoms with Gasteiger partial charge in [-0.05, 0) is 64.6 Å². The lowest BCUT2D eigenvalue weighted by molar-refractivity contribution is 0.0538. The van der Waals surface area contributed by atoms with Crippen molar-refractivity contribution in [3.8, 4) is 0 Å². The quantitative estimate of drug-likeness (QED) is 0.743. The molecule has 2 N–H and O–H groups in total. The molecular weight excluding hydrogens is 252 g/mol. The molecule has 4 heteroatoms. The standard InChI is InChI=1S/C16H32N2O2/c1-17-16(13-19)8-3-4-15(16)5-9-18(2)12-14-6-10-20-11-7-14/h14-15,17,19H,3-13H2,1-2H3. The maximum atomic E-state index is 9.72. The monoisotopic (exact) mass is 284 g/mol. The van der Waals surface area contributed by atoms with Crippen molar-refractivity contribution in [2.24, 2.45) is 11.8 Å². The predicted octanol–water partition coefficient (Wildman–Crippen LogP) is 1.49. The summed E-state index contributed by atoms with van der Waals surface area (Å²) < 4.78 is 5.42. The molecule has 0 aromatic heterocycles. The van der Waals surface area contributed by atoms with Crippen molar-refractivity contribution < 1.29 is 9.84 Å². The molecule has 2 atom stereocenters. The summed E-state index contributed by atoms with van der Waals surface area (Å²) in [6, 6.07) is 0. The zero-order valence-electron chi connectivity index (χ0n) is 13.2. The maximum Gasteiger partial charge on any atom is 0.0615 e. The van der Waals surface area contributed by atoms with Gasteiger partial charge in [0.1, 0.15) is 0 Å². The van der Waals surface area contributed by atoms with Gasteiger partial charge in [0.15, 0.2) is 0 Å². The first kappa shape index (κ1) is 16.2. The smallest absolute Gasteiger partial charge is 0.0615 e. The van der Waals surface area contributed by atoms with E-state index in [1.807, 2.05) is 7.05 Å². The minimum Gasteiger partial charge on any atom is -0.394 e. The van der Waals surface area contributed by atoms with Crippen LogP contribution in [0.3, 0.4) is 0 Å². The maximum absolute atomic E-state index is 9.72. The number of hydrogen-bond acceptors (Lipinski definition) is 4. The molecule has 1 saturated carbocycles. The van der Waals surface area contributed by atoms with Crippen LogP contribution in [-0.2, 0) is 4.74 Å². The van der Waals surface area contributed by atoms with E-state index >= 15 is 0 Å². The fraction of sp³-hybridized carbons (Fsp3) is 1.00. The summed E-state index contributed by atoms with van der Waals surface area (Å²) in [6.45, 7) is 4.49. The Bertz CT molecular complexity index is 276. The molecule has 2 fully saturated rings. The van der Waals surface area contributed by atoms with Crippen LogP contribution in [0, 0.1) is 11.8 Å². The van der Waals surface area contributed by atoms with Crippen molar-refractivity contribution in [1.82, 2.24) is 10.2 Å². The van der Waals surface area contributed by atoms with Crippen LogP contribution in [0.25, 0.3) is 0 Å². The van der Waals surface area contributed by atoms with Crippen molar-refractivity contribution in [2.45, 2.75) is 44.1 Å². The van der Waals surface area contributed by atoms with Gasteiger partial charge in [0.25, 0.3) is 0 Å². The van der Waals surface area contributed by atoms with Crippen LogP contribution in [0.4, 0.5) is 0 Å². The van der Waals surface area contributed by atoms with Crippen LogP contribution < -0.4 is 5.32 Å². The molecule has 1 aliphatic carbocycles. The summed E-state index contributed by atoms with van der Waals surface area (Å²) >= 11 is 0. The lowest BCUT2D eigenvalue weighted by atomic mass is 9.85. The summed E-state index contributed by atoms with van der Waals surface area (Å²) in [5.74, 6) is 1.43. The largest absolute Gasteiger partial charge is 0.394 e. The lowest BCUT2D eigenvalue weighted by Crippen LogP contribution is -2.50. The second kappa shape index (κ2) is 7.74. The number of rotatable bonds is 7. The highest BCUT2D eigenvalue weighted by Gasteiger charge is 2.40. The van der Waals surface area contributed by atoms with E-state index in [9.17, 15) is 5.11 Å². The Morgan fingerprint density at radius 2 is 2.05 bits per heavy atom. The van der Waals surface area contributed by atoms with Crippen molar-refractivity contribution in [3.05, 3.63) is 0 Å². The van der Waals surface area contributed by atoms with Gasteiger partial charge in [0, 0.05) is 25.3 Å². The molecule has 2 aliphatic rings. The third kappa shape index (κ3) is 3.94. The van der Waals surface area contributed by atoms with Gasteiger partial charge in [-0.3, -0.25) is 0 Å². The molecule has 0 spiro atoms. The molecular formula is C16H32N2O2. The summed E-state index contributed by atoms with van der Waals surface area (Å²) in [4.78, 5) is 2.48.